The van der Waals surface area contributed by atoms with Gasteiger partial charge in [-0.2, -0.15) is 0 Å². The third kappa shape index (κ3) is 3.78. The molecule has 2 aliphatic rings. The highest BCUT2D eigenvalue weighted by Crippen LogP contribution is 2.46. The Morgan fingerprint density at radius 1 is 1.15 bits per heavy atom. The molecule has 7 heteroatoms. The number of esters is 1. The maximum Gasteiger partial charge on any atom is 0.349 e. The van der Waals surface area contributed by atoms with E-state index in [9.17, 15) is 9.59 Å². The van der Waals surface area contributed by atoms with Gasteiger partial charge in [0.05, 0.1) is 0 Å². The van der Waals surface area contributed by atoms with Crippen LogP contribution in [0, 0.1) is 6.92 Å². The van der Waals surface area contributed by atoms with E-state index in [0.717, 1.165) is 31.2 Å². The quantitative estimate of drug-likeness (QED) is 0.793. The minimum absolute atomic E-state index is 0.339. The largest absolute Gasteiger partial charge is 0.451 e. The van der Waals surface area contributed by atoms with Gasteiger partial charge in [-0.15, -0.1) is 11.3 Å². The molecule has 6 nitrogen and oxygen atoms in total. The van der Waals surface area contributed by atoms with Gasteiger partial charge in [0.1, 0.15) is 4.88 Å². The van der Waals surface area contributed by atoms with Crippen LogP contribution in [0.1, 0.15) is 47.3 Å². The zero-order valence-corrected chi connectivity index (χ0v) is 15.9. The van der Waals surface area contributed by atoms with Crippen molar-refractivity contribution in [3.63, 3.8) is 0 Å². The number of nitrogens with one attached hydrogen (secondary N) is 1. The molecule has 1 aromatic carbocycles. The maximum atomic E-state index is 12.1. The second kappa shape index (κ2) is 7.23. The van der Waals surface area contributed by atoms with Crippen molar-refractivity contribution < 1.29 is 23.8 Å². The smallest absolute Gasteiger partial charge is 0.349 e. The number of benzene rings is 1. The van der Waals surface area contributed by atoms with E-state index in [-0.39, 0.29) is 6.61 Å². The Bertz CT molecular complexity index is 869. The Balaban J connectivity index is 1.34. The number of hydrogen-bond donors (Lipinski definition) is 1. The highest BCUT2D eigenvalue weighted by molar-refractivity contribution is 7.12. The van der Waals surface area contributed by atoms with Gasteiger partial charge in [-0.1, -0.05) is 6.42 Å². The summed E-state index contributed by atoms with van der Waals surface area (Å²) >= 11 is 1.30. The number of thiophene rings is 1. The molecule has 1 N–H and O–H groups in total. The van der Waals surface area contributed by atoms with Gasteiger partial charge in [-0.05, 0) is 48.9 Å². The first kappa shape index (κ1) is 17.9. The zero-order chi connectivity index (χ0) is 18.9. The van der Waals surface area contributed by atoms with Gasteiger partial charge in [0.15, 0.2) is 18.1 Å². The topological polar surface area (TPSA) is 73.9 Å². The molecule has 1 aliphatic carbocycles. The van der Waals surface area contributed by atoms with Gasteiger partial charge in [-0.3, -0.25) is 4.79 Å². The molecule has 0 atom stereocenters. The summed E-state index contributed by atoms with van der Waals surface area (Å²) in [6, 6.07) is 7.15. The van der Waals surface area contributed by atoms with E-state index in [1.165, 1.54) is 17.8 Å². The summed E-state index contributed by atoms with van der Waals surface area (Å²) in [6.45, 7) is 1.49. The van der Waals surface area contributed by atoms with Crippen LogP contribution in [0.5, 0.6) is 11.5 Å². The van der Waals surface area contributed by atoms with Crippen molar-refractivity contribution in [2.75, 3.05) is 11.9 Å². The molecule has 4 rings (SSSR count). The summed E-state index contributed by atoms with van der Waals surface area (Å²) in [6.07, 6.45) is 5.14. The van der Waals surface area contributed by atoms with E-state index in [2.05, 4.69) is 5.32 Å². The Morgan fingerprint density at radius 2 is 1.93 bits per heavy atom. The van der Waals surface area contributed by atoms with Crippen LogP contribution in [0.4, 0.5) is 5.69 Å². The first-order chi connectivity index (χ1) is 13.0. The number of fused-ring (bicyclic) bond motifs is 1. The highest BCUT2D eigenvalue weighted by atomic mass is 32.1. The van der Waals surface area contributed by atoms with Crippen molar-refractivity contribution in [2.24, 2.45) is 0 Å². The number of hydrogen-bond acceptors (Lipinski definition) is 6. The van der Waals surface area contributed by atoms with Crippen molar-refractivity contribution in [1.29, 1.82) is 0 Å². The Labute approximate surface area is 161 Å². The summed E-state index contributed by atoms with van der Waals surface area (Å²) in [5, 5.41) is 4.55. The van der Waals surface area contributed by atoms with E-state index in [4.69, 9.17) is 14.2 Å². The van der Waals surface area contributed by atoms with Gasteiger partial charge in [-0.25, -0.2) is 4.79 Å². The van der Waals surface area contributed by atoms with Crippen molar-refractivity contribution >= 4 is 28.9 Å². The molecule has 1 fully saturated rings. The van der Waals surface area contributed by atoms with Crippen LogP contribution in [0.25, 0.3) is 0 Å². The van der Waals surface area contributed by atoms with Crippen molar-refractivity contribution in [2.45, 2.75) is 44.8 Å². The Hall–Kier alpha value is -2.54. The fourth-order valence-corrected chi connectivity index (χ4v) is 4.26. The third-order valence-corrected chi connectivity index (χ3v) is 5.81. The molecule has 0 saturated heterocycles. The van der Waals surface area contributed by atoms with Gasteiger partial charge in [0.25, 0.3) is 11.7 Å². The SMILES string of the molecule is Cc1ccsc1C(=O)OCC(=O)Nc1ccc2c(c1)OC1(CCCCC1)O2. The average molecular weight is 387 g/mol. The van der Waals surface area contributed by atoms with Crippen LogP contribution in [-0.4, -0.2) is 24.3 Å². The highest BCUT2D eigenvalue weighted by Gasteiger charge is 2.42. The van der Waals surface area contributed by atoms with Gasteiger partial charge < -0.3 is 19.5 Å². The first-order valence-electron chi connectivity index (χ1n) is 9.08. The number of carbonyl (C=O) groups excluding carboxylic acids is 2. The number of anilines is 1. The molecule has 0 bridgehead atoms. The standard InChI is InChI=1S/C20H21NO5S/c1-13-7-10-27-18(13)19(23)24-12-17(22)21-14-5-6-15-16(11-14)26-20(25-15)8-3-2-4-9-20/h5-7,10-11H,2-4,8-9,12H2,1H3,(H,21,22). The fraction of sp³-hybridized carbons (Fsp3) is 0.400. The molecule has 0 unspecified atom stereocenters. The van der Waals surface area contributed by atoms with Crippen molar-refractivity contribution in [3.05, 3.63) is 40.1 Å². The number of amides is 1. The molecular formula is C20H21NO5S. The fourth-order valence-electron chi connectivity index (χ4n) is 3.44. The third-order valence-electron chi connectivity index (χ3n) is 4.82. The van der Waals surface area contributed by atoms with Crippen LogP contribution in [0.2, 0.25) is 0 Å². The van der Waals surface area contributed by atoms with Gasteiger partial charge in [0, 0.05) is 24.6 Å². The second-order valence-electron chi connectivity index (χ2n) is 6.89. The molecule has 1 aliphatic heterocycles. The molecular weight excluding hydrogens is 366 g/mol. The lowest BCUT2D eigenvalue weighted by Crippen LogP contribution is -2.40. The first-order valence-corrected chi connectivity index (χ1v) is 9.96. The zero-order valence-electron chi connectivity index (χ0n) is 15.1. The summed E-state index contributed by atoms with van der Waals surface area (Å²) in [4.78, 5) is 24.6. The Morgan fingerprint density at radius 3 is 2.67 bits per heavy atom. The summed E-state index contributed by atoms with van der Waals surface area (Å²) in [7, 11) is 0. The van der Waals surface area contributed by atoms with Crippen LogP contribution >= 0.6 is 11.3 Å². The summed E-state index contributed by atoms with van der Waals surface area (Å²) < 4.78 is 17.2. The molecule has 1 saturated carbocycles. The van der Waals surface area contributed by atoms with Crippen molar-refractivity contribution in [3.8, 4) is 11.5 Å². The number of rotatable bonds is 4. The molecule has 1 amide bonds. The molecule has 2 aromatic rings. The van der Waals surface area contributed by atoms with E-state index in [0.29, 0.717) is 22.1 Å². The van der Waals surface area contributed by atoms with E-state index in [1.54, 1.807) is 18.2 Å². The van der Waals surface area contributed by atoms with Crippen LogP contribution < -0.4 is 14.8 Å². The van der Waals surface area contributed by atoms with Gasteiger partial charge in [0.2, 0.25) is 0 Å². The second-order valence-corrected chi connectivity index (χ2v) is 7.81. The van der Waals surface area contributed by atoms with Crippen LogP contribution in [-0.2, 0) is 9.53 Å². The number of ether oxygens (including phenoxy) is 3. The van der Waals surface area contributed by atoms with E-state index < -0.39 is 17.7 Å². The lowest BCUT2D eigenvalue weighted by atomic mass is 9.94. The molecule has 0 radical (unpaired) electrons. The normalized spacial score (nSPS) is 16.9. The molecule has 2 heterocycles. The summed E-state index contributed by atoms with van der Waals surface area (Å²) in [5.74, 6) is -0.0843. The number of aryl methyl sites for hydroxylation is 1. The molecule has 142 valence electrons. The lowest BCUT2D eigenvalue weighted by Gasteiger charge is -2.31. The number of carbonyl (C=O) groups is 2. The van der Waals surface area contributed by atoms with Crippen LogP contribution in [0.15, 0.2) is 29.6 Å². The molecule has 27 heavy (non-hydrogen) atoms. The summed E-state index contributed by atoms with van der Waals surface area (Å²) in [5.41, 5.74) is 1.43. The molecule has 1 spiro atoms. The van der Waals surface area contributed by atoms with Crippen molar-refractivity contribution in [1.82, 2.24) is 0 Å². The monoisotopic (exact) mass is 387 g/mol. The Kier molecular flexibility index (Phi) is 4.78. The maximum absolute atomic E-state index is 12.1. The predicted octanol–water partition coefficient (Wildman–Crippen LogP) is 4.28. The lowest BCUT2D eigenvalue weighted by molar-refractivity contribution is -0.119. The van der Waals surface area contributed by atoms with E-state index >= 15 is 0 Å². The minimum Gasteiger partial charge on any atom is -0.451 e. The average Bonchev–Trinajstić information content (AvgIpc) is 3.23. The molecule has 1 aromatic heterocycles. The van der Waals surface area contributed by atoms with Gasteiger partial charge >= 0.3 is 5.97 Å². The minimum atomic E-state index is -0.544. The van der Waals surface area contributed by atoms with Crippen LogP contribution in [0.3, 0.4) is 0 Å². The predicted molar refractivity (Wildman–Crippen MR) is 101 cm³/mol. The van der Waals surface area contributed by atoms with E-state index in [1.807, 2.05) is 18.4 Å².